The lowest BCUT2D eigenvalue weighted by Gasteiger charge is -2.30. The van der Waals surface area contributed by atoms with Crippen molar-refractivity contribution in [1.82, 2.24) is 25.2 Å². The van der Waals surface area contributed by atoms with Gasteiger partial charge in [0.2, 0.25) is 21.8 Å². The molecular formula is C33H42FN5O9S. The Morgan fingerprint density at radius 2 is 1.92 bits per heavy atom. The Morgan fingerprint density at radius 3 is 2.65 bits per heavy atom. The number of oxazole rings is 1. The predicted molar refractivity (Wildman–Crippen MR) is 173 cm³/mol. The van der Waals surface area contributed by atoms with E-state index in [1.165, 1.54) is 17.0 Å². The van der Waals surface area contributed by atoms with E-state index < -0.39 is 80.2 Å². The van der Waals surface area contributed by atoms with Crippen LogP contribution >= 0.6 is 0 Å². The van der Waals surface area contributed by atoms with Crippen LogP contribution in [-0.2, 0) is 29.1 Å². The lowest BCUT2D eigenvalue weighted by atomic mass is 10.0. The van der Waals surface area contributed by atoms with Gasteiger partial charge in [-0.15, -0.1) is 0 Å². The number of carbonyl (C=O) groups is 4. The summed E-state index contributed by atoms with van der Waals surface area (Å²) < 4.78 is 58.3. The lowest BCUT2D eigenvalue weighted by molar-refractivity contribution is -0.141. The fourth-order valence-electron chi connectivity index (χ4n) is 6.37. The second-order valence-corrected chi connectivity index (χ2v) is 16.2. The van der Waals surface area contributed by atoms with Crippen LogP contribution in [0.2, 0.25) is 0 Å². The molecule has 6 rings (SSSR count). The molecule has 0 radical (unpaired) electrons. The molecule has 266 valence electrons. The summed E-state index contributed by atoms with van der Waals surface area (Å²) in [5.74, 6) is -3.02. The van der Waals surface area contributed by atoms with Gasteiger partial charge in [-0.05, 0) is 71.4 Å². The average molecular weight is 704 g/mol. The summed E-state index contributed by atoms with van der Waals surface area (Å²) in [5.41, 5.74) is -1.84. The monoisotopic (exact) mass is 703 g/mol. The number of benzene rings is 1. The fraction of sp³-hybridized carbons (Fsp3) is 0.606. The number of allylic oxidation sites excluding steroid dienone is 1. The number of alkyl carbamates (subject to hydrolysis) is 1. The molecule has 5 atom stereocenters. The Morgan fingerprint density at radius 1 is 1.14 bits per heavy atom. The number of amides is 4. The van der Waals surface area contributed by atoms with Crippen molar-refractivity contribution in [1.29, 1.82) is 0 Å². The zero-order chi connectivity index (χ0) is 35.1. The molecule has 0 unspecified atom stereocenters. The van der Waals surface area contributed by atoms with Gasteiger partial charge in [-0.25, -0.2) is 17.6 Å². The highest BCUT2D eigenvalue weighted by Crippen LogP contribution is 2.46. The molecule has 3 heterocycles. The van der Waals surface area contributed by atoms with Crippen LogP contribution in [-0.4, -0.2) is 83.2 Å². The number of carbonyl (C=O) groups excluding carboxylic acids is 4. The predicted octanol–water partition coefficient (Wildman–Crippen LogP) is 3.21. The molecule has 2 aromatic rings. The number of aromatic nitrogens is 1. The van der Waals surface area contributed by atoms with Gasteiger partial charge in [0, 0.05) is 18.4 Å². The van der Waals surface area contributed by atoms with Crippen molar-refractivity contribution in [3.63, 3.8) is 0 Å². The number of ether oxygens (including phenoxy) is 2. The van der Waals surface area contributed by atoms with Gasteiger partial charge in [-0.3, -0.25) is 19.1 Å². The molecule has 3 fully saturated rings. The van der Waals surface area contributed by atoms with Gasteiger partial charge >= 0.3 is 12.2 Å². The molecule has 4 aliphatic rings. The van der Waals surface area contributed by atoms with Crippen LogP contribution in [0.15, 0.2) is 34.8 Å². The zero-order valence-electron chi connectivity index (χ0n) is 27.7. The largest absolute Gasteiger partial charge is 0.445 e. The minimum absolute atomic E-state index is 0.0393. The normalized spacial score (nSPS) is 28.7. The molecule has 14 nitrogen and oxygen atoms in total. The van der Waals surface area contributed by atoms with Crippen molar-refractivity contribution in [3.05, 3.63) is 36.2 Å². The highest BCUT2D eigenvalue weighted by atomic mass is 32.2. The van der Waals surface area contributed by atoms with E-state index in [-0.39, 0.29) is 37.5 Å². The van der Waals surface area contributed by atoms with Crippen LogP contribution in [0.5, 0.6) is 6.08 Å². The topological polar surface area (TPSA) is 186 Å². The summed E-state index contributed by atoms with van der Waals surface area (Å²) in [6, 6.07) is 1.61. The summed E-state index contributed by atoms with van der Waals surface area (Å²) in [7, 11) is -3.90. The number of rotatable bonds is 6. The maximum atomic E-state index is 14.2. The van der Waals surface area contributed by atoms with Gasteiger partial charge in [0.15, 0.2) is 5.58 Å². The summed E-state index contributed by atoms with van der Waals surface area (Å²) in [4.78, 5) is 60.3. The summed E-state index contributed by atoms with van der Waals surface area (Å²) in [6.45, 7) is 5.01. The van der Waals surface area contributed by atoms with Crippen LogP contribution < -0.4 is 20.1 Å². The van der Waals surface area contributed by atoms with Crippen LogP contribution in [0.4, 0.5) is 9.18 Å². The smallest absolute Gasteiger partial charge is 0.408 e. The van der Waals surface area contributed by atoms with Gasteiger partial charge in [0.25, 0.3) is 5.91 Å². The van der Waals surface area contributed by atoms with Crippen LogP contribution in [0.3, 0.4) is 0 Å². The first-order valence-corrected chi connectivity index (χ1v) is 18.3. The van der Waals surface area contributed by atoms with Gasteiger partial charge < -0.3 is 29.4 Å². The van der Waals surface area contributed by atoms with E-state index in [0.29, 0.717) is 31.2 Å². The molecule has 0 spiro atoms. The van der Waals surface area contributed by atoms with Crippen molar-refractivity contribution < 1.29 is 45.9 Å². The molecule has 2 aliphatic carbocycles. The molecule has 16 heteroatoms. The molecule has 1 aromatic carbocycles. The number of hydrogen-bond acceptors (Lipinski definition) is 10. The Kier molecular flexibility index (Phi) is 9.37. The summed E-state index contributed by atoms with van der Waals surface area (Å²) in [6.07, 6.45) is 6.10. The van der Waals surface area contributed by atoms with Crippen LogP contribution in [0.1, 0.15) is 78.6 Å². The lowest BCUT2D eigenvalue weighted by Crippen LogP contribution is -2.58. The quantitative estimate of drug-likeness (QED) is 0.377. The number of fused-ring (bicyclic) bond motifs is 3. The molecule has 4 amide bonds. The standard InChI is InChI=1S/C33H42FN5O9S/c1-32(2,3)48-30(43)35-24-10-8-6-4-5-7-9-19-17-33(19,29(42)38-49(44,45)22-12-13-22)37-27(40)25-16-21(18-39(25)28(24)41)46-31-36-23-14-11-20(34)15-26(23)47-31/h7,9,11,14-15,19,21-22,24-25H,4-6,8,10,12-13,16-18H2,1-3H3,(H,35,43)(H,37,40)(H,38,42)/b9-7-/t19-,21+,24-,25-,33+/m0/s1. The van der Waals surface area contributed by atoms with Crippen LogP contribution in [0.25, 0.3) is 11.1 Å². The second-order valence-electron chi connectivity index (χ2n) is 14.3. The Balaban J connectivity index is 1.28. The van der Waals surface area contributed by atoms with E-state index in [1.54, 1.807) is 20.8 Å². The van der Waals surface area contributed by atoms with Crippen molar-refractivity contribution in [2.75, 3.05) is 6.54 Å². The van der Waals surface area contributed by atoms with Crippen LogP contribution in [0, 0.1) is 11.7 Å². The maximum absolute atomic E-state index is 14.2. The van der Waals surface area contributed by atoms with Crippen molar-refractivity contribution >= 4 is 44.9 Å². The molecular weight excluding hydrogens is 661 g/mol. The van der Waals surface area contributed by atoms with E-state index in [2.05, 4.69) is 20.3 Å². The summed E-state index contributed by atoms with van der Waals surface area (Å²) in [5, 5.41) is 4.84. The fourth-order valence-corrected chi connectivity index (χ4v) is 7.73. The number of nitrogens with one attached hydrogen (secondary N) is 3. The van der Waals surface area contributed by atoms with Gasteiger partial charge in [-0.2, -0.15) is 4.98 Å². The molecule has 0 bridgehead atoms. The van der Waals surface area contributed by atoms with E-state index >= 15 is 0 Å². The van der Waals surface area contributed by atoms with Gasteiger partial charge in [0.1, 0.15) is 40.7 Å². The molecule has 3 N–H and O–H groups in total. The van der Waals surface area contributed by atoms with Crippen molar-refractivity contribution in [3.8, 4) is 6.08 Å². The average Bonchev–Trinajstić information content (AvgIpc) is 3.90. The Bertz CT molecular complexity index is 1770. The first-order valence-electron chi connectivity index (χ1n) is 16.7. The van der Waals surface area contributed by atoms with Gasteiger partial charge in [0.05, 0.1) is 11.8 Å². The van der Waals surface area contributed by atoms with E-state index in [9.17, 15) is 32.0 Å². The molecule has 1 saturated heterocycles. The maximum Gasteiger partial charge on any atom is 0.408 e. The van der Waals surface area contributed by atoms with E-state index in [4.69, 9.17) is 13.9 Å². The number of hydrogen-bond donors (Lipinski definition) is 3. The SMILES string of the molecule is CC(C)(C)OC(=O)N[C@H]1CCCCC/C=C\[C@H]2C[C@@]2(C(=O)NS(=O)(=O)C2CC2)NC(=O)[C@@H]2C[C@@H](Oc3nc4ccc(F)cc4o3)CN2C1=O. The highest BCUT2D eigenvalue weighted by molar-refractivity contribution is 7.91. The molecule has 1 aromatic heterocycles. The highest BCUT2D eigenvalue weighted by Gasteiger charge is 2.62. The third-order valence-electron chi connectivity index (χ3n) is 9.13. The third-order valence-corrected chi connectivity index (χ3v) is 11.0. The first kappa shape index (κ1) is 34.6. The Labute approximate surface area is 283 Å². The second kappa shape index (κ2) is 13.2. The van der Waals surface area contributed by atoms with E-state index in [1.807, 2.05) is 12.2 Å². The third kappa shape index (κ3) is 8.00. The number of halogens is 1. The van der Waals surface area contributed by atoms with Crippen molar-refractivity contribution in [2.24, 2.45) is 5.92 Å². The zero-order valence-corrected chi connectivity index (χ0v) is 28.5. The van der Waals surface area contributed by atoms with Gasteiger partial charge in [-0.1, -0.05) is 25.0 Å². The Hall–Kier alpha value is -4.21. The number of nitrogens with zero attached hydrogens (tertiary/aromatic N) is 2. The minimum atomic E-state index is -3.90. The first-order chi connectivity index (χ1) is 23.1. The van der Waals surface area contributed by atoms with Crippen molar-refractivity contribution in [2.45, 2.75) is 113 Å². The minimum Gasteiger partial charge on any atom is -0.445 e. The van der Waals surface area contributed by atoms with E-state index in [0.717, 1.165) is 18.9 Å². The summed E-state index contributed by atoms with van der Waals surface area (Å²) >= 11 is 0. The molecule has 49 heavy (non-hydrogen) atoms. The molecule has 2 aliphatic heterocycles. The number of sulfonamides is 1. The molecule has 2 saturated carbocycles.